The molecule has 15 heavy (non-hydrogen) atoms. The summed E-state index contributed by atoms with van der Waals surface area (Å²) in [6.45, 7) is 9.98. The molecule has 0 N–H and O–H groups in total. The molecule has 2 aliphatic heterocycles. The summed E-state index contributed by atoms with van der Waals surface area (Å²) in [6, 6.07) is 0. The predicted molar refractivity (Wildman–Crippen MR) is 75.3 cm³/mol. The minimum Gasteiger partial charge on any atom is -0.101 e. The van der Waals surface area contributed by atoms with E-state index in [0.717, 1.165) is 22.6 Å². The van der Waals surface area contributed by atoms with Crippen molar-refractivity contribution in [1.82, 2.24) is 0 Å². The van der Waals surface area contributed by atoms with E-state index in [1.165, 1.54) is 19.3 Å². The summed E-state index contributed by atoms with van der Waals surface area (Å²) in [7, 11) is 0.872. The Kier molecular flexibility index (Phi) is 4.12. The van der Waals surface area contributed by atoms with Crippen molar-refractivity contribution in [1.29, 1.82) is 0 Å². The summed E-state index contributed by atoms with van der Waals surface area (Å²) in [6.07, 6.45) is 7.77. The van der Waals surface area contributed by atoms with Crippen LogP contribution in [0.2, 0.25) is 0 Å². The van der Waals surface area contributed by atoms with Crippen molar-refractivity contribution in [2.45, 2.75) is 69.6 Å². The van der Waals surface area contributed by atoms with Crippen LogP contribution in [0, 0.1) is 0 Å². The van der Waals surface area contributed by atoms with Gasteiger partial charge in [-0.25, -0.2) is 0 Å². The molecular formula is C13H26P2. The molecule has 2 heterocycles. The Balaban J connectivity index is 1.77. The van der Waals surface area contributed by atoms with E-state index in [1.807, 2.05) is 0 Å². The molecular weight excluding hydrogens is 218 g/mol. The fourth-order valence-corrected chi connectivity index (χ4v) is 10.0. The molecule has 0 bridgehead atoms. The van der Waals surface area contributed by atoms with E-state index < -0.39 is 0 Å². The van der Waals surface area contributed by atoms with Crippen molar-refractivity contribution in [3.05, 3.63) is 0 Å². The van der Waals surface area contributed by atoms with E-state index in [4.69, 9.17) is 0 Å². The van der Waals surface area contributed by atoms with Crippen LogP contribution in [-0.2, 0) is 0 Å². The highest BCUT2D eigenvalue weighted by atomic mass is 31.1. The van der Waals surface area contributed by atoms with Gasteiger partial charge in [-0.2, -0.15) is 0 Å². The van der Waals surface area contributed by atoms with E-state index in [1.54, 1.807) is 12.3 Å². The van der Waals surface area contributed by atoms with Crippen molar-refractivity contribution in [3.63, 3.8) is 0 Å². The molecule has 2 fully saturated rings. The molecule has 2 saturated heterocycles. The van der Waals surface area contributed by atoms with E-state index in [-0.39, 0.29) is 0 Å². The van der Waals surface area contributed by atoms with Crippen LogP contribution in [0.3, 0.4) is 0 Å². The molecule has 4 atom stereocenters. The lowest BCUT2D eigenvalue weighted by Gasteiger charge is -2.35. The first-order valence-corrected chi connectivity index (χ1v) is 9.95. The largest absolute Gasteiger partial charge is 0.101 e. The molecule has 0 aliphatic carbocycles. The molecule has 0 radical (unpaired) electrons. The molecule has 0 aromatic rings. The average molecular weight is 244 g/mol. The molecule has 2 rings (SSSR count). The lowest BCUT2D eigenvalue weighted by atomic mass is 10.1. The zero-order valence-electron chi connectivity index (χ0n) is 10.7. The van der Waals surface area contributed by atoms with Gasteiger partial charge < -0.3 is 0 Å². The maximum atomic E-state index is 2.52. The van der Waals surface area contributed by atoms with E-state index in [9.17, 15) is 0 Å². The first kappa shape index (κ1) is 12.3. The second-order valence-electron chi connectivity index (χ2n) is 5.59. The molecule has 0 saturated carbocycles. The van der Waals surface area contributed by atoms with Gasteiger partial charge in [0, 0.05) is 0 Å². The van der Waals surface area contributed by atoms with Crippen LogP contribution in [0.1, 0.15) is 47.0 Å². The van der Waals surface area contributed by atoms with Gasteiger partial charge in [-0.1, -0.05) is 42.0 Å². The van der Waals surface area contributed by atoms with Gasteiger partial charge in [0.1, 0.15) is 0 Å². The van der Waals surface area contributed by atoms with Gasteiger partial charge in [0.15, 0.2) is 0 Å². The molecule has 0 aromatic heterocycles. The Bertz CT molecular complexity index is 199. The predicted octanol–water partition coefficient (Wildman–Crippen LogP) is 4.70. The number of hydrogen-bond acceptors (Lipinski definition) is 0. The Hall–Kier alpha value is 0.860. The summed E-state index contributed by atoms with van der Waals surface area (Å²) in [4.78, 5) is 0. The molecule has 0 aromatic carbocycles. The summed E-state index contributed by atoms with van der Waals surface area (Å²) < 4.78 is 0. The third kappa shape index (κ3) is 2.76. The second kappa shape index (κ2) is 5.01. The topological polar surface area (TPSA) is 0 Å². The van der Waals surface area contributed by atoms with Crippen molar-refractivity contribution in [2.75, 3.05) is 12.3 Å². The van der Waals surface area contributed by atoms with E-state index in [2.05, 4.69) is 27.7 Å². The third-order valence-corrected chi connectivity index (χ3v) is 11.9. The number of rotatable bonds is 3. The Labute approximate surface area is 98.1 Å². The average Bonchev–Trinajstić information content (AvgIpc) is 2.75. The van der Waals surface area contributed by atoms with Crippen LogP contribution < -0.4 is 0 Å². The van der Waals surface area contributed by atoms with E-state index >= 15 is 0 Å². The lowest BCUT2D eigenvalue weighted by Crippen LogP contribution is -2.18. The van der Waals surface area contributed by atoms with Crippen molar-refractivity contribution < 1.29 is 0 Å². The smallest absolute Gasteiger partial charge is 0.0170 e. The van der Waals surface area contributed by atoms with Gasteiger partial charge in [0.05, 0.1) is 0 Å². The summed E-state index contributed by atoms with van der Waals surface area (Å²) >= 11 is 0. The van der Waals surface area contributed by atoms with Gasteiger partial charge in [-0.05, 0) is 47.8 Å². The number of hydrogen-bond donors (Lipinski definition) is 0. The maximum absolute atomic E-state index is 2.52. The minimum atomic E-state index is 0.391. The standard InChI is InChI=1S/C13H26P2/c1-10-6-5-7-11(2)14(10)8-9-15-12(3)13(15)4/h10-13H,5-9H2,1-4H3/t10-,11-,12+,13+/m0/s1. The molecule has 0 unspecified atom stereocenters. The van der Waals surface area contributed by atoms with E-state index in [0.29, 0.717) is 15.8 Å². The van der Waals surface area contributed by atoms with Crippen LogP contribution in [0.15, 0.2) is 0 Å². The van der Waals surface area contributed by atoms with Crippen LogP contribution in [0.4, 0.5) is 0 Å². The Morgan fingerprint density at radius 2 is 1.27 bits per heavy atom. The fraction of sp³-hybridized carbons (Fsp3) is 1.00. The van der Waals surface area contributed by atoms with Gasteiger partial charge in [-0.15, -0.1) is 7.92 Å². The summed E-state index contributed by atoms with van der Waals surface area (Å²) in [5.41, 5.74) is 4.35. The quantitative estimate of drug-likeness (QED) is 0.631. The van der Waals surface area contributed by atoms with Crippen LogP contribution in [0.5, 0.6) is 0 Å². The highest BCUT2D eigenvalue weighted by molar-refractivity contribution is 7.68. The highest BCUT2D eigenvalue weighted by Gasteiger charge is 2.42. The van der Waals surface area contributed by atoms with Crippen molar-refractivity contribution in [3.8, 4) is 0 Å². The lowest BCUT2D eigenvalue weighted by molar-refractivity contribution is 0.624. The Morgan fingerprint density at radius 3 is 1.73 bits per heavy atom. The molecule has 0 nitrogen and oxygen atoms in total. The first-order chi connectivity index (χ1) is 7.11. The molecule has 0 spiro atoms. The zero-order valence-corrected chi connectivity index (χ0v) is 12.5. The van der Waals surface area contributed by atoms with Gasteiger partial charge in [0.2, 0.25) is 0 Å². The second-order valence-corrected chi connectivity index (χ2v) is 11.9. The molecule has 88 valence electrons. The maximum Gasteiger partial charge on any atom is -0.0170 e. The normalized spacial score (nSPS) is 46.8. The summed E-state index contributed by atoms with van der Waals surface area (Å²) in [5.74, 6) is 0. The summed E-state index contributed by atoms with van der Waals surface area (Å²) in [5, 5.41) is 0. The third-order valence-electron chi connectivity index (χ3n) is 4.65. The minimum absolute atomic E-state index is 0.391. The molecule has 0 amide bonds. The van der Waals surface area contributed by atoms with Crippen LogP contribution >= 0.6 is 15.8 Å². The van der Waals surface area contributed by atoms with Gasteiger partial charge in [-0.3, -0.25) is 0 Å². The first-order valence-electron chi connectivity index (χ1n) is 6.62. The fourth-order valence-electron chi connectivity index (χ4n) is 3.13. The van der Waals surface area contributed by atoms with Crippen LogP contribution in [0.25, 0.3) is 0 Å². The van der Waals surface area contributed by atoms with Crippen molar-refractivity contribution in [2.24, 2.45) is 0 Å². The molecule has 2 aliphatic rings. The highest BCUT2D eigenvalue weighted by Crippen LogP contribution is 2.67. The zero-order chi connectivity index (χ0) is 11.0. The van der Waals surface area contributed by atoms with Crippen molar-refractivity contribution >= 4 is 15.8 Å². The van der Waals surface area contributed by atoms with Gasteiger partial charge >= 0.3 is 0 Å². The molecule has 2 heteroatoms. The monoisotopic (exact) mass is 244 g/mol. The van der Waals surface area contributed by atoms with Gasteiger partial charge in [0.25, 0.3) is 0 Å². The van der Waals surface area contributed by atoms with Crippen LogP contribution in [-0.4, -0.2) is 35.0 Å². The SMILES string of the molecule is C[C@@H]1[C@@H](C)P1CCP1[C@@H](C)CCC[C@@H]1C. The Morgan fingerprint density at radius 1 is 0.800 bits per heavy atom.